The molecular formula is C28H29ClN4OS. The zero-order valence-corrected chi connectivity index (χ0v) is 21.3. The standard InChI is InChI=1S/C28H29ClN4OS/c1-2-19-33-26(22-12-7-4-8-13-22)25(21-10-5-3-6-11-21)32-28(33)35-20-9-18-30-27(34)31-24-16-14-23(29)15-17-24/h3-8,10-17H,2,9,18-20H2,1H3,(H2,30,31,34). The Balaban J connectivity index is 1.43. The Morgan fingerprint density at radius 3 is 2.26 bits per heavy atom. The van der Waals surface area contributed by atoms with Crippen LogP contribution < -0.4 is 10.6 Å². The molecule has 4 aromatic rings. The monoisotopic (exact) mass is 504 g/mol. The Bertz CT molecular complexity index is 1230. The van der Waals surface area contributed by atoms with Gasteiger partial charge in [-0.3, -0.25) is 0 Å². The van der Waals surface area contributed by atoms with E-state index in [1.54, 1.807) is 36.0 Å². The third-order valence-electron chi connectivity index (χ3n) is 5.41. The van der Waals surface area contributed by atoms with E-state index in [0.29, 0.717) is 17.3 Å². The number of halogens is 1. The molecule has 3 aromatic carbocycles. The molecule has 0 radical (unpaired) electrons. The van der Waals surface area contributed by atoms with Crippen molar-refractivity contribution in [3.63, 3.8) is 0 Å². The van der Waals surface area contributed by atoms with Crippen molar-refractivity contribution in [2.75, 3.05) is 17.6 Å². The van der Waals surface area contributed by atoms with Gasteiger partial charge in [0.2, 0.25) is 0 Å². The molecule has 0 aliphatic carbocycles. The number of nitrogens with zero attached hydrogens (tertiary/aromatic N) is 2. The van der Waals surface area contributed by atoms with Gasteiger partial charge in [-0.15, -0.1) is 0 Å². The number of hydrogen-bond donors (Lipinski definition) is 2. The predicted molar refractivity (Wildman–Crippen MR) is 147 cm³/mol. The van der Waals surface area contributed by atoms with Crippen molar-refractivity contribution in [1.29, 1.82) is 0 Å². The molecule has 0 aliphatic rings. The number of urea groups is 1. The number of carbonyl (C=O) groups is 1. The van der Waals surface area contributed by atoms with Gasteiger partial charge in [0, 0.05) is 40.7 Å². The van der Waals surface area contributed by atoms with Crippen LogP contribution in [0.4, 0.5) is 10.5 Å². The van der Waals surface area contributed by atoms with Gasteiger partial charge in [-0.1, -0.05) is 91.0 Å². The molecule has 1 heterocycles. The minimum atomic E-state index is -0.220. The summed E-state index contributed by atoms with van der Waals surface area (Å²) in [5.74, 6) is 0.852. The van der Waals surface area contributed by atoms with Crippen LogP contribution in [0.25, 0.3) is 22.5 Å². The van der Waals surface area contributed by atoms with Gasteiger partial charge in [0.15, 0.2) is 5.16 Å². The molecule has 4 rings (SSSR count). The lowest BCUT2D eigenvalue weighted by Crippen LogP contribution is -2.29. The van der Waals surface area contributed by atoms with E-state index in [4.69, 9.17) is 16.6 Å². The van der Waals surface area contributed by atoms with Crippen molar-refractivity contribution in [3.05, 3.63) is 90.0 Å². The fourth-order valence-corrected chi connectivity index (χ4v) is 4.90. The van der Waals surface area contributed by atoms with Crippen LogP contribution in [0.1, 0.15) is 19.8 Å². The van der Waals surface area contributed by atoms with E-state index in [2.05, 4.69) is 70.7 Å². The Morgan fingerprint density at radius 1 is 0.943 bits per heavy atom. The zero-order chi connectivity index (χ0) is 24.5. The molecule has 0 atom stereocenters. The number of rotatable bonds is 10. The summed E-state index contributed by atoms with van der Waals surface area (Å²) in [5, 5.41) is 7.38. The van der Waals surface area contributed by atoms with E-state index in [1.165, 1.54) is 5.56 Å². The molecule has 0 spiro atoms. The van der Waals surface area contributed by atoms with Crippen molar-refractivity contribution in [2.45, 2.75) is 31.5 Å². The number of carbonyl (C=O) groups excluding carboxylic acids is 1. The van der Waals surface area contributed by atoms with E-state index >= 15 is 0 Å². The molecule has 5 nitrogen and oxygen atoms in total. The average molecular weight is 505 g/mol. The fourth-order valence-electron chi connectivity index (χ4n) is 3.81. The van der Waals surface area contributed by atoms with E-state index in [-0.39, 0.29) is 6.03 Å². The minimum absolute atomic E-state index is 0.220. The summed E-state index contributed by atoms with van der Waals surface area (Å²) in [6.07, 6.45) is 1.85. The van der Waals surface area contributed by atoms with Crippen LogP contribution in [0.2, 0.25) is 5.02 Å². The Morgan fingerprint density at radius 2 is 1.60 bits per heavy atom. The SMILES string of the molecule is CCCn1c(SCCCNC(=O)Nc2ccc(Cl)cc2)nc(-c2ccccc2)c1-c1ccccc1. The molecular weight excluding hydrogens is 476 g/mol. The second kappa shape index (κ2) is 12.5. The van der Waals surface area contributed by atoms with Crippen LogP contribution in [-0.4, -0.2) is 27.9 Å². The van der Waals surface area contributed by atoms with Crippen molar-refractivity contribution >= 4 is 35.1 Å². The number of imidazole rings is 1. The number of anilines is 1. The Labute approximate surface area is 215 Å². The van der Waals surface area contributed by atoms with E-state index in [9.17, 15) is 4.79 Å². The van der Waals surface area contributed by atoms with Crippen molar-refractivity contribution in [3.8, 4) is 22.5 Å². The van der Waals surface area contributed by atoms with Gasteiger partial charge < -0.3 is 15.2 Å². The summed E-state index contributed by atoms with van der Waals surface area (Å²) in [5.41, 5.74) is 5.16. The third kappa shape index (κ3) is 6.68. The highest BCUT2D eigenvalue weighted by atomic mass is 35.5. The van der Waals surface area contributed by atoms with Crippen LogP contribution in [-0.2, 0) is 6.54 Å². The van der Waals surface area contributed by atoms with Gasteiger partial charge in [-0.05, 0) is 37.1 Å². The largest absolute Gasteiger partial charge is 0.338 e. The van der Waals surface area contributed by atoms with Crippen LogP contribution in [0, 0.1) is 0 Å². The highest BCUT2D eigenvalue weighted by molar-refractivity contribution is 7.99. The summed E-state index contributed by atoms with van der Waals surface area (Å²) >= 11 is 7.63. The van der Waals surface area contributed by atoms with Crippen molar-refractivity contribution in [2.24, 2.45) is 0 Å². The molecule has 180 valence electrons. The molecule has 0 saturated carbocycles. The lowest BCUT2D eigenvalue weighted by atomic mass is 10.0. The molecule has 35 heavy (non-hydrogen) atoms. The van der Waals surface area contributed by atoms with Gasteiger partial charge in [-0.2, -0.15) is 0 Å². The number of amides is 2. The number of benzene rings is 3. The maximum atomic E-state index is 12.2. The molecule has 0 bridgehead atoms. The van der Waals surface area contributed by atoms with E-state index in [0.717, 1.165) is 47.2 Å². The summed E-state index contributed by atoms with van der Waals surface area (Å²) in [7, 11) is 0. The predicted octanol–water partition coefficient (Wildman–Crippen LogP) is 7.58. The van der Waals surface area contributed by atoms with Crippen molar-refractivity contribution in [1.82, 2.24) is 14.9 Å². The number of thioether (sulfide) groups is 1. The second-order valence-electron chi connectivity index (χ2n) is 8.07. The lowest BCUT2D eigenvalue weighted by molar-refractivity contribution is 0.252. The topological polar surface area (TPSA) is 59.0 Å². The first-order valence-corrected chi connectivity index (χ1v) is 13.2. The number of nitrogens with one attached hydrogen (secondary N) is 2. The first-order valence-electron chi connectivity index (χ1n) is 11.8. The summed E-state index contributed by atoms with van der Waals surface area (Å²) in [6, 6.07) is 27.7. The maximum absolute atomic E-state index is 12.2. The van der Waals surface area contributed by atoms with E-state index < -0.39 is 0 Å². The molecule has 2 amide bonds. The summed E-state index contributed by atoms with van der Waals surface area (Å²) in [6.45, 7) is 3.67. The Hall–Kier alpha value is -3.22. The van der Waals surface area contributed by atoms with Gasteiger partial charge in [-0.25, -0.2) is 9.78 Å². The van der Waals surface area contributed by atoms with E-state index in [1.807, 2.05) is 12.1 Å². The van der Waals surface area contributed by atoms with Crippen LogP contribution in [0.3, 0.4) is 0 Å². The molecule has 0 fully saturated rings. The van der Waals surface area contributed by atoms with Gasteiger partial charge >= 0.3 is 6.03 Å². The van der Waals surface area contributed by atoms with Crippen LogP contribution in [0.15, 0.2) is 90.1 Å². The molecule has 0 saturated heterocycles. The van der Waals surface area contributed by atoms with Gasteiger partial charge in [0.25, 0.3) is 0 Å². The van der Waals surface area contributed by atoms with Gasteiger partial charge in [0.05, 0.1) is 11.4 Å². The molecule has 2 N–H and O–H groups in total. The molecule has 0 aliphatic heterocycles. The fraction of sp³-hybridized carbons (Fsp3) is 0.214. The smallest absolute Gasteiger partial charge is 0.319 e. The first-order chi connectivity index (χ1) is 17.2. The highest BCUT2D eigenvalue weighted by Crippen LogP contribution is 2.36. The molecule has 1 aromatic heterocycles. The van der Waals surface area contributed by atoms with Gasteiger partial charge in [0.1, 0.15) is 0 Å². The van der Waals surface area contributed by atoms with Crippen molar-refractivity contribution < 1.29 is 4.79 Å². The first kappa shape index (κ1) is 24.9. The summed E-state index contributed by atoms with van der Waals surface area (Å²) < 4.78 is 2.34. The van der Waals surface area contributed by atoms with Crippen LogP contribution in [0.5, 0.6) is 0 Å². The highest BCUT2D eigenvalue weighted by Gasteiger charge is 2.19. The average Bonchev–Trinajstić information content (AvgIpc) is 3.24. The third-order valence-corrected chi connectivity index (χ3v) is 6.73. The minimum Gasteiger partial charge on any atom is -0.338 e. The zero-order valence-electron chi connectivity index (χ0n) is 19.7. The summed E-state index contributed by atoms with van der Waals surface area (Å²) in [4.78, 5) is 17.2. The maximum Gasteiger partial charge on any atom is 0.319 e. The second-order valence-corrected chi connectivity index (χ2v) is 9.56. The quantitative estimate of drug-likeness (QED) is 0.173. The lowest BCUT2D eigenvalue weighted by Gasteiger charge is -2.12. The van der Waals surface area contributed by atoms with Crippen LogP contribution >= 0.6 is 23.4 Å². The molecule has 0 unspecified atom stereocenters. The Kier molecular flexibility index (Phi) is 8.87. The molecule has 7 heteroatoms. The normalized spacial score (nSPS) is 10.8. The number of aromatic nitrogens is 2. The number of hydrogen-bond acceptors (Lipinski definition) is 3.